The summed E-state index contributed by atoms with van der Waals surface area (Å²) >= 11 is 0. The third-order valence-corrected chi connectivity index (χ3v) is 4.62. The van der Waals surface area contributed by atoms with Gasteiger partial charge in [0.25, 0.3) is 0 Å². The van der Waals surface area contributed by atoms with Crippen molar-refractivity contribution < 1.29 is 17.9 Å². The Hall–Kier alpha value is -1.98. The van der Waals surface area contributed by atoms with Crippen molar-refractivity contribution in [3.63, 3.8) is 0 Å². The van der Waals surface area contributed by atoms with Gasteiger partial charge in [0.05, 0.1) is 26.0 Å². The van der Waals surface area contributed by atoms with Crippen molar-refractivity contribution in [3.05, 3.63) is 12.1 Å². The number of rotatable bonds is 6. The molecule has 7 nitrogen and oxygen atoms in total. The maximum Gasteiger partial charge on any atom is 0.246 e. The van der Waals surface area contributed by atoms with Crippen LogP contribution in [0.2, 0.25) is 0 Å². The van der Waals surface area contributed by atoms with E-state index in [4.69, 9.17) is 20.5 Å². The summed E-state index contributed by atoms with van der Waals surface area (Å²) in [6.07, 6.45) is 0.101. The van der Waals surface area contributed by atoms with E-state index in [1.165, 1.54) is 33.4 Å². The molecule has 0 heterocycles. The fourth-order valence-electron chi connectivity index (χ4n) is 1.59. The molecule has 20 heavy (non-hydrogen) atoms. The second kappa shape index (κ2) is 6.45. The number of hydrogen-bond acceptors (Lipinski definition) is 6. The molecule has 0 aliphatic heterocycles. The van der Waals surface area contributed by atoms with E-state index in [0.717, 1.165) is 4.31 Å². The van der Waals surface area contributed by atoms with Crippen LogP contribution in [0.5, 0.6) is 11.5 Å². The van der Waals surface area contributed by atoms with Crippen molar-refractivity contribution in [2.24, 2.45) is 0 Å². The summed E-state index contributed by atoms with van der Waals surface area (Å²) in [5.74, 6) is 0.473. The number of benzene rings is 1. The van der Waals surface area contributed by atoms with Crippen LogP contribution in [0.15, 0.2) is 17.0 Å². The van der Waals surface area contributed by atoms with Crippen LogP contribution in [0.3, 0.4) is 0 Å². The van der Waals surface area contributed by atoms with Crippen molar-refractivity contribution in [2.75, 3.05) is 33.5 Å². The number of nitrogens with two attached hydrogens (primary N) is 1. The van der Waals surface area contributed by atoms with Gasteiger partial charge in [-0.25, -0.2) is 8.42 Å². The lowest BCUT2D eigenvalue weighted by Gasteiger charge is -2.19. The lowest BCUT2D eigenvalue weighted by Crippen LogP contribution is -2.28. The molecule has 8 heteroatoms. The highest BCUT2D eigenvalue weighted by molar-refractivity contribution is 7.89. The molecule has 1 aromatic rings. The molecule has 0 saturated carbocycles. The van der Waals surface area contributed by atoms with Crippen LogP contribution >= 0.6 is 0 Å². The van der Waals surface area contributed by atoms with Gasteiger partial charge in [-0.1, -0.05) is 0 Å². The number of ether oxygens (including phenoxy) is 2. The molecular formula is C12H17N3O4S. The Morgan fingerprint density at radius 1 is 1.30 bits per heavy atom. The zero-order chi connectivity index (χ0) is 15.3. The van der Waals surface area contributed by atoms with E-state index in [2.05, 4.69) is 0 Å². The first-order valence-electron chi connectivity index (χ1n) is 5.73. The standard InChI is InChI=1S/C12H17N3O4S/c1-15(6-4-5-13)20(16,17)12-7-9(14)10(18-2)8-11(12)19-3/h7-8H,4,6,14H2,1-3H3. The molecule has 0 spiro atoms. The fraction of sp³-hybridized carbons (Fsp3) is 0.417. The van der Waals surface area contributed by atoms with Gasteiger partial charge in [-0.2, -0.15) is 9.57 Å². The van der Waals surface area contributed by atoms with Crippen molar-refractivity contribution in [3.8, 4) is 17.6 Å². The first-order valence-corrected chi connectivity index (χ1v) is 7.17. The number of hydrogen-bond donors (Lipinski definition) is 1. The minimum absolute atomic E-state index is 0.0567. The minimum Gasteiger partial charge on any atom is -0.495 e. The van der Waals surface area contributed by atoms with Crippen LogP contribution in [-0.2, 0) is 10.0 Å². The summed E-state index contributed by atoms with van der Waals surface area (Å²) in [7, 11) is 0.405. The number of nitrogen functional groups attached to an aromatic ring is 1. The van der Waals surface area contributed by atoms with E-state index >= 15 is 0 Å². The number of sulfonamides is 1. The zero-order valence-electron chi connectivity index (χ0n) is 11.6. The first-order chi connectivity index (χ1) is 9.38. The minimum atomic E-state index is -3.78. The summed E-state index contributed by atoms with van der Waals surface area (Å²) in [6, 6.07) is 4.60. The SMILES string of the molecule is COc1cc(OC)c(S(=O)(=O)N(C)CCC#N)cc1N. The number of methoxy groups -OCH3 is 2. The van der Waals surface area contributed by atoms with Crippen LogP contribution in [-0.4, -0.2) is 40.5 Å². The summed E-state index contributed by atoms with van der Waals surface area (Å²) in [5.41, 5.74) is 5.93. The summed E-state index contributed by atoms with van der Waals surface area (Å²) in [6.45, 7) is 0.0912. The van der Waals surface area contributed by atoms with E-state index in [9.17, 15) is 8.42 Å². The molecule has 1 aromatic carbocycles. The Labute approximate surface area is 118 Å². The Bertz CT molecular complexity index is 622. The zero-order valence-corrected chi connectivity index (χ0v) is 12.4. The molecule has 2 N–H and O–H groups in total. The Kier molecular flexibility index (Phi) is 5.19. The molecule has 0 saturated heterocycles. The third-order valence-electron chi connectivity index (χ3n) is 2.74. The second-order valence-corrected chi connectivity index (χ2v) is 5.99. The molecule has 1 rings (SSSR count). The maximum atomic E-state index is 12.4. The van der Waals surface area contributed by atoms with E-state index in [-0.39, 0.29) is 29.3 Å². The Morgan fingerprint density at radius 2 is 1.90 bits per heavy atom. The number of anilines is 1. The van der Waals surface area contributed by atoms with Gasteiger partial charge in [-0.15, -0.1) is 0 Å². The third kappa shape index (κ3) is 3.12. The molecule has 0 bridgehead atoms. The molecule has 0 aromatic heterocycles. The summed E-state index contributed by atoms with van der Waals surface area (Å²) in [4.78, 5) is -0.0567. The lowest BCUT2D eigenvalue weighted by atomic mass is 10.3. The molecule has 0 fully saturated rings. The van der Waals surface area contributed by atoms with E-state index in [0.29, 0.717) is 5.75 Å². The summed E-state index contributed by atoms with van der Waals surface area (Å²) < 4.78 is 36.0. The molecule has 0 aliphatic rings. The highest BCUT2D eigenvalue weighted by atomic mass is 32.2. The van der Waals surface area contributed by atoms with Gasteiger partial charge in [-0.3, -0.25) is 0 Å². The Morgan fingerprint density at radius 3 is 2.40 bits per heavy atom. The van der Waals surface area contributed by atoms with E-state index < -0.39 is 10.0 Å². The predicted molar refractivity (Wildman–Crippen MR) is 74.0 cm³/mol. The quantitative estimate of drug-likeness (QED) is 0.779. The first kappa shape index (κ1) is 16.1. The monoisotopic (exact) mass is 299 g/mol. The van der Waals surface area contributed by atoms with Crippen molar-refractivity contribution >= 4 is 15.7 Å². The summed E-state index contributed by atoms with van der Waals surface area (Å²) in [5, 5.41) is 8.53. The highest BCUT2D eigenvalue weighted by Gasteiger charge is 2.26. The second-order valence-electron chi connectivity index (χ2n) is 3.98. The van der Waals surface area contributed by atoms with Crippen molar-refractivity contribution in [1.29, 1.82) is 5.26 Å². The fourth-order valence-corrected chi connectivity index (χ4v) is 2.93. The predicted octanol–water partition coefficient (Wildman–Crippen LogP) is 0.820. The smallest absolute Gasteiger partial charge is 0.246 e. The van der Waals surface area contributed by atoms with Gasteiger partial charge in [0.15, 0.2) is 0 Å². The molecule has 0 atom stereocenters. The van der Waals surface area contributed by atoms with Gasteiger partial charge in [0.1, 0.15) is 16.4 Å². The molecule has 0 aliphatic carbocycles. The normalized spacial score (nSPS) is 11.2. The lowest BCUT2D eigenvalue weighted by molar-refractivity contribution is 0.384. The van der Waals surface area contributed by atoms with Gasteiger partial charge in [0.2, 0.25) is 10.0 Å². The van der Waals surface area contributed by atoms with E-state index in [1.54, 1.807) is 0 Å². The number of nitrogens with zero attached hydrogens (tertiary/aromatic N) is 2. The maximum absolute atomic E-state index is 12.4. The largest absolute Gasteiger partial charge is 0.495 e. The molecule has 0 radical (unpaired) electrons. The molecular weight excluding hydrogens is 282 g/mol. The molecule has 110 valence electrons. The van der Waals surface area contributed by atoms with Crippen LogP contribution in [0, 0.1) is 11.3 Å². The van der Waals surface area contributed by atoms with Gasteiger partial charge in [-0.05, 0) is 6.07 Å². The molecule has 0 amide bonds. The number of nitriles is 1. The highest BCUT2D eigenvalue weighted by Crippen LogP contribution is 2.34. The van der Waals surface area contributed by atoms with Gasteiger partial charge >= 0.3 is 0 Å². The van der Waals surface area contributed by atoms with E-state index in [1.807, 2.05) is 6.07 Å². The van der Waals surface area contributed by atoms with Gasteiger partial charge in [0, 0.05) is 26.1 Å². The van der Waals surface area contributed by atoms with Gasteiger partial charge < -0.3 is 15.2 Å². The average Bonchev–Trinajstić information content (AvgIpc) is 2.44. The van der Waals surface area contributed by atoms with Crippen LogP contribution in [0.25, 0.3) is 0 Å². The topological polar surface area (TPSA) is 106 Å². The molecule has 0 unspecified atom stereocenters. The van der Waals surface area contributed by atoms with Crippen LogP contribution < -0.4 is 15.2 Å². The van der Waals surface area contributed by atoms with Crippen molar-refractivity contribution in [2.45, 2.75) is 11.3 Å². The average molecular weight is 299 g/mol. The van der Waals surface area contributed by atoms with Crippen LogP contribution in [0.4, 0.5) is 5.69 Å². The Balaban J connectivity index is 3.31. The van der Waals surface area contributed by atoms with Crippen LogP contribution in [0.1, 0.15) is 6.42 Å². The van der Waals surface area contributed by atoms with Crippen molar-refractivity contribution in [1.82, 2.24) is 4.31 Å².